The summed E-state index contributed by atoms with van der Waals surface area (Å²) >= 11 is 7.41. The molecule has 0 spiro atoms. The van der Waals surface area contributed by atoms with Gasteiger partial charge in [0.25, 0.3) is 0 Å². The van der Waals surface area contributed by atoms with Crippen LogP contribution in [0, 0.1) is 0 Å². The maximum Gasteiger partial charge on any atom is 0.0931 e. The molecule has 0 aliphatic rings. The van der Waals surface area contributed by atoms with Gasteiger partial charge in [0.1, 0.15) is 0 Å². The smallest absolute Gasteiger partial charge is 0.0931 e. The molecule has 0 fully saturated rings. The molecule has 0 unspecified atom stereocenters. The van der Waals surface area contributed by atoms with Gasteiger partial charge in [-0.1, -0.05) is 11.6 Å². The highest BCUT2D eigenvalue weighted by molar-refractivity contribution is 7.16. The van der Waals surface area contributed by atoms with Crippen LogP contribution in [-0.2, 0) is 6.54 Å². The normalized spacial score (nSPS) is 12.0. The van der Waals surface area contributed by atoms with Crippen molar-refractivity contribution >= 4 is 22.9 Å². The first-order chi connectivity index (χ1) is 6.03. The summed E-state index contributed by atoms with van der Waals surface area (Å²) in [6, 6.07) is 3.95. The third kappa shape index (κ3) is 3.65. The van der Waals surface area contributed by atoms with Gasteiger partial charge in [0.15, 0.2) is 0 Å². The van der Waals surface area contributed by atoms with Crippen molar-refractivity contribution < 1.29 is 0 Å². The highest BCUT2D eigenvalue weighted by Gasteiger charge is 2.13. The van der Waals surface area contributed by atoms with Crippen molar-refractivity contribution in [2.75, 3.05) is 6.54 Å². The predicted octanol–water partition coefficient (Wildman–Crippen LogP) is 2.23. The minimum absolute atomic E-state index is 0.00351. The Kier molecular flexibility index (Phi) is 3.74. The third-order valence-corrected chi connectivity index (χ3v) is 3.11. The van der Waals surface area contributed by atoms with Gasteiger partial charge in [-0.2, -0.15) is 0 Å². The first-order valence-electron chi connectivity index (χ1n) is 4.23. The minimum Gasteiger partial charge on any atom is -0.329 e. The van der Waals surface area contributed by atoms with E-state index in [0.29, 0.717) is 6.54 Å². The molecule has 4 heteroatoms. The lowest BCUT2D eigenvalue weighted by molar-refractivity contribution is 0.398. The third-order valence-electron chi connectivity index (χ3n) is 1.88. The van der Waals surface area contributed by atoms with E-state index < -0.39 is 0 Å². The molecule has 0 atom stereocenters. The fourth-order valence-electron chi connectivity index (χ4n) is 0.845. The van der Waals surface area contributed by atoms with E-state index in [0.717, 1.165) is 10.9 Å². The molecule has 74 valence electrons. The van der Waals surface area contributed by atoms with E-state index in [1.165, 1.54) is 4.88 Å². The molecule has 0 aromatic carbocycles. The second-order valence-electron chi connectivity index (χ2n) is 3.65. The van der Waals surface area contributed by atoms with E-state index in [1.54, 1.807) is 11.3 Å². The average molecular weight is 219 g/mol. The van der Waals surface area contributed by atoms with Crippen molar-refractivity contribution in [2.45, 2.75) is 25.9 Å². The molecular weight excluding hydrogens is 204 g/mol. The molecule has 1 rings (SSSR count). The Balaban J connectivity index is 2.43. The number of nitrogens with one attached hydrogen (secondary N) is 1. The number of hydrogen-bond acceptors (Lipinski definition) is 3. The van der Waals surface area contributed by atoms with Gasteiger partial charge in [-0.15, -0.1) is 11.3 Å². The van der Waals surface area contributed by atoms with Gasteiger partial charge in [0, 0.05) is 23.5 Å². The molecule has 1 aromatic heterocycles. The lowest BCUT2D eigenvalue weighted by Crippen LogP contribution is -2.45. The van der Waals surface area contributed by atoms with Crippen LogP contribution < -0.4 is 11.1 Å². The van der Waals surface area contributed by atoms with E-state index in [1.807, 2.05) is 12.1 Å². The Morgan fingerprint density at radius 3 is 2.69 bits per heavy atom. The average Bonchev–Trinajstić information content (AvgIpc) is 2.48. The van der Waals surface area contributed by atoms with Crippen LogP contribution in [0.1, 0.15) is 18.7 Å². The van der Waals surface area contributed by atoms with Crippen LogP contribution in [0.5, 0.6) is 0 Å². The zero-order chi connectivity index (χ0) is 9.90. The second kappa shape index (κ2) is 4.42. The molecule has 0 amide bonds. The highest BCUT2D eigenvalue weighted by Crippen LogP contribution is 2.21. The first-order valence-corrected chi connectivity index (χ1v) is 5.42. The van der Waals surface area contributed by atoms with Crippen molar-refractivity contribution in [1.29, 1.82) is 0 Å². The second-order valence-corrected chi connectivity index (χ2v) is 5.45. The fourth-order valence-corrected chi connectivity index (χ4v) is 1.87. The molecule has 2 nitrogen and oxygen atoms in total. The maximum atomic E-state index is 5.81. The van der Waals surface area contributed by atoms with Gasteiger partial charge < -0.3 is 11.1 Å². The summed E-state index contributed by atoms with van der Waals surface area (Å²) in [5.74, 6) is 0. The summed E-state index contributed by atoms with van der Waals surface area (Å²) < 4.78 is 0.836. The lowest BCUT2D eigenvalue weighted by Gasteiger charge is -2.23. The molecule has 1 aromatic rings. The predicted molar refractivity (Wildman–Crippen MR) is 59.3 cm³/mol. The lowest BCUT2D eigenvalue weighted by atomic mass is 10.1. The van der Waals surface area contributed by atoms with Crippen LogP contribution in [0.25, 0.3) is 0 Å². The molecule has 0 saturated carbocycles. The van der Waals surface area contributed by atoms with E-state index in [2.05, 4.69) is 19.2 Å². The van der Waals surface area contributed by atoms with Crippen LogP contribution >= 0.6 is 22.9 Å². The zero-order valence-electron chi connectivity index (χ0n) is 7.93. The summed E-state index contributed by atoms with van der Waals surface area (Å²) in [7, 11) is 0. The Labute approximate surface area is 88.1 Å². The molecule has 3 N–H and O–H groups in total. The van der Waals surface area contributed by atoms with E-state index in [4.69, 9.17) is 17.3 Å². The van der Waals surface area contributed by atoms with E-state index in [-0.39, 0.29) is 5.54 Å². The first kappa shape index (κ1) is 11.0. The van der Waals surface area contributed by atoms with Crippen LogP contribution in [0.2, 0.25) is 4.34 Å². The molecule has 13 heavy (non-hydrogen) atoms. The number of halogens is 1. The molecule has 0 aliphatic carbocycles. The van der Waals surface area contributed by atoms with Gasteiger partial charge in [0.2, 0.25) is 0 Å². The number of hydrogen-bond donors (Lipinski definition) is 2. The fraction of sp³-hybridized carbons (Fsp3) is 0.556. The van der Waals surface area contributed by atoms with Crippen molar-refractivity contribution in [1.82, 2.24) is 5.32 Å². The molecule has 0 aliphatic heterocycles. The summed E-state index contributed by atoms with van der Waals surface area (Å²) in [6.07, 6.45) is 0. The van der Waals surface area contributed by atoms with Gasteiger partial charge in [0.05, 0.1) is 4.34 Å². The van der Waals surface area contributed by atoms with Crippen LogP contribution in [0.15, 0.2) is 12.1 Å². The molecule has 0 saturated heterocycles. The van der Waals surface area contributed by atoms with E-state index >= 15 is 0 Å². The highest BCUT2D eigenvalue weighted by atomic mass is 35.5. The Morgan fingerprint density at radius 2 is 2.23 bits per heavy atom. The standard InChI is InChI=1S/C9H15ClN2S/c1-9(2,6-11)12-5-7-3-4-8(10)13-7/h3-4,12H,5-6,11H2,1-2H3. The summed E-state index contributed by atoms with van der Waals surface area (Å²) in [4.78, 5) is 1.24. The zero-order valence-corrected chi connectivity index (χ0v) is 9.50. The van der Waals surface area contributed by atoms with Gasteiger partial charge in [-0.25, -0.2) is 0 Å². The minimum atomic E-state index is -0.00351. The summed E-state index contributed by atoms with van der Waals surface area (Å²) in [5, 5.41) is 3.37. The van der Waals surface area contributed by atoms with Crippen molar-refractivity contribution in [3.8, 4) is 0 Å². The van der Waals surface area contributed by atoms with Gasteiger partial charge in [-0.05, 0) is 26.0 Å². The van der Waals surface area contributed by atoms with Gasteiger partial charge in [-0.3, -0.25) is 0 Å². The van der Waals surface area contributed by atoms with E-state index in [9.17, 15) is 0 Å². The quantitative estimate of drug-likeness (QED) is 0.814. The Morgan fingerprint density at radius 1 is 1.54 bits per heavy atom. The maximum absolute atomic E-state index is 5.81. The Bertz CT molecular complexity index is 270. The molecular formula is C9H15ClN2S. The molecule has 0 bridgehead atoms. The van der Waals surface area contributed by atoms with Crippen molar-refractivity contribution in [3.05, 3.63) is 21.3 Å². The molecule has 1 heterocycles. The van der Waals surface area contributed by atoms with Crippen molar-refractivity contribution in [2.24, 2.45) is 5.73 Å². The number of thiophene rings is 1. The molecule has 0 radical (unpaired) electrons. The number of nitrogens with two attached hydrogens (primary N) is 1. The van der Waals surface area contributed by atoms with Crippen molar-refractivity contribution in [3.63, 3.8) is 0 Å². The largest absolute Gasteiger partial charge is 0.329 e. The van der Waals surface area contributed by atoms with Crippen LogP contribution in [-0.4, -0.2) is 12.1 Å². The summed E-state index contributed by atoms with van der Waals surface area (Å²) in [6.45, 7) is 5.64. The SMILES string of the molecule is CC(C)(CN)NCc1ccc(Cl)s1. The topological polar surface area (TPSA) is 38.0 Å². The van der Waals surface area contributed by atoms with Crippen LogP contribution in [0.3, 0.4) is 0 Å². The number of rotatable bonds is 4. The monoisotopic (exact) mass is 218 g/mol. The Hall–Kier alpha value is -0.0900. The summed E-state index contributed by atoms with van der Waals surface area (Å²) in [5.41, 5.74) is 5.59. The van der Waals surface area contributed by atoms with Gasteiger partial charge >= 0.3 is 0 Å². The van der Waals surface area contributed by atoms with Crippen LogP contribution in [0.4, 0.5) is 0 Å².